The Kier molecular flexibility index (Phi) is 8.79. The van der Waals surface area contributed by atoms with Crippen molar-refractivity contribution in [1.29, 1.82) is 0 Å². The number of ether oxygens (including phenoxy) is 3. The molecule has 208 valence electrons. The number of methoxy groups -OCH3 is 3. The molecule has 1 aliphatic heterocycles. The van der Waals surface area contributed by atoms with Crippen LogP contribution in [-0.4, -0.2) is 50.3 Å². The molecule has 2 aromatic carbocycles. The number of rotatable bonds is 9. The van der Waals surface area contributed by atoms with Crippen molar-refractivity contribution in [2.45, 2.75) is 45.6 Å². The molecule has 2 heterocycles. The monoisotopic (exact) mass is 533 g/mol. The van der Waals surface area contributed by atoms with E-state index in [0.29, 0.717) is 42.0 Å². The Morgan fingerprint density at radius 2 is 1.72 bits per heavy atom. The maximum Gasteiger partial charge on any atom is 0.229 e. The van der Waals surface area contributed by atoms with E-state index in [0.717, 1.165) is 30.8 Å². The minimum atomic E-state index is -0.103. The third kappa shape index (κ3) is 6.90. The zero-order valence-corrected chi connectivity index (χ0v) is 23.7. The van der Waals surface area contributed by atoms with Crippen molar-refractivity contribution in [2.75, 3.05) is 44.6 Å². The summed E-state index contributed by atoms with van der Waals surface area (Å²) in [4.78, 5) is 24.3. The second-order valence-corrected chi connectivity index (χ2v) is 10.7. The molecule has 9 heteroatoms. The maximum absolute atomic E-state index is 13.0. The predicted molar refractivity (Wildman–Crippen MR) is 153 cm³/mol. The van der Waals surface area contributed by atoms with Crippen molar-refractivity contribution in [2.24, 2.45) is 5.92 Å². The number of nitrogens with one attached hydrogen (secondary N) is 2. The number of hydrogen-bond acceptors (Lipinski definition) is 8. The summed E-state index contributed by atoms with van der Waals surface area (Å²) in [5.41, 5.74) is 3.19. The molecule has 39 heavy (non-hydrogen) atoms. The molecule has 3 aromatic rings. The van der Waals surface area contributed by atoms with Crippen LogP contribution in [0.2, 0.25) is 0 Å². The Balaban J connectivity index is 1.39. The highest BCUT2D eigenvalue weighted by atomic mass is 16.5. The Morgan fingerprint density at radius 1 is 1.03 bits per heavy atom. The van der Waals surface area contributed by atoms with Gasteiger partial charge in [-0.2, -0.15) is 4.98 Å². The molecule has 1 amide bonds. The number of carbonyl (C=O) groups is 1. The first-order valence-electron chi connectivity index (χ1n) is 13.2. The molecule has 1 fully saturated rings. The topological polar surface area (TPSA) is 97.8 Å². The Bertz CT molecular complexity index is 1250. The predicted octanol–water partition coefficient (Wildman–Crippen LogP) is 5.08. The van der Waals surface area contributed by atoms with E-state index < -0.39 is 0 Å². The van der Waals surface area contributed by atoms with E-state index in [9.17, 15) is 4.79 Å². The molecule has 1 atom stereocenters. The van der Waals surface area contributed by atoms with Crippen LogP contribution in [0.25, 0.3) is 0 Å². The van der Waals surface area contributed by atoms with E-state index in [2.05, 4.69) is 65.6 Å². The van der Waals surface area contributed by atoms with Gasteiger partial charge in [0.05, 0.1) is 27.2 Å². The zero-order chi connectivity index (χ0) is 28.0. The SMILES string of the molecule is COc1cc(Nc2nccc(N3CCC[C@H](C(=O)NCc4ccc(C(C)(C)C)cc4)C3)n2)cc(OC)c1OC. The van der Waals surface area contributed by atoms with Gasteiger partial charge in [0, 0.05) is 43.7 Å². The van der Waals surface area contributed by atoms with Crippen LogP contribution >= 0.6 is 0 Å². The first-order valence-corrected chi connectivity index (χ1v) is 13.2. The van der Waals surface area contributed by atoms with Gasteiger partial charge in [-0.25, -0.2) is 4.98 Å². The van der Waals surface area contributed by atoms with Gasteiger partial charge in [-0.3, -0.25) is 4.79 Å². The van der Waals surface area contributed by atoms with Gasteiger partial charge in [0.2, 0.25) is 17.6 Å². The molecule has 1 aliphatic rings. The summed E-state index contributed by atoms with van der Waals surface area (Å²) in [5, 5.41) is 6.36. The number of piperidine rings is 1. The summed E-state index contributed by atoms with van der Waals surface area (Å²) in [7, 11) is 4.71. The van der Waals surface area contributed by atoms with Gasteiger partial charge < -0.3 is 29.7 Å². The summed E-state index contributed by atoms with van der Waals surface area (Å²) in [6.07, 6.45) is 3.48. The molecular weight excluding hydrogens is 494 g/mol. The van der Waals surface area contributed by atoms with Gasteiger partial charge in [-0.1, -0.05) is 45.0 Å². The van der Waals surface area contributed by atoms with Gasteiger partial charge in [-0.15, -0.1) is 0 Å². The molecule has 9 nitrogen and oxygen atoms in total. The summed E-state index contributed by atoms with van der Waals surface area (Å²) < 4.78 is 16.3. The van der Waals surface area contributed by atoms with Crippen LogP contribution < -0.4 is 29.7 Å². The molecule has 4 rings (SSSR count). The minimum absolute atomic E-state index is 0.0735. The van der Waals surface area contributed by atoms with Crippen LogP contribution in [0.1, 0.15) is 44.7 Å². The van der Waals surface area contributed by atoms with Crippen molar-refractivity contribution >= 4 is 23.4 Å². The number of carbonyl (C=O) groups excluding carboxylic acids is 1. The van der Waals surface area contributed by atoms with Crippen molar-refractivity contribution in [1.82, 2.24) is 15.3 Å². The molecule has 0 saturated carbocycles. The van der Waals surface area contributed by atoms with E-state index in [1.807, 2.05) is 6.07 Å². The normalized spacial score (nSPS) is 15.4. The molecule has 0 unspecified atom stereocenters. The first kappa shape index (κ1) is 28.0. The fraction of sp³-hybridized carbons (Fsp3) is 0.433. The number of aromatic nitrogens is 2. The van der Waals surface area contributed by atoms with Gasteiger partial charge in [-0.05, 0) is 35.4 Å². The minimum Gasteiger partial charge on any atom is -0.493 e. The smallest absolute Gasteiger partial charge is 0.229 e. The van der Waals surface area contributed by atoms with Crippen molar-refractivity contribution in [3.63, 3.8) is 0 Å². The van der Waals surface area contributed by atoms with Crippen LogP contribution in [0.4, 0.5) is 17.5 Å². The van der Waals surface area contributed by atoms with Crippen LogP contribution in [0.3, 0.4) is 0 Å². The molecule has 1 aromatic heterocycles. The maximum atomic E-state index is 13.0. The Labute approximate surface area is 230 Å². The second-order valence-electron chi connectivity index (χ2n) is 10.7. The number of hydrogen-bond donors (Lipinski definition) is 2. The van der Waals surface area contributed by atoms with Crippen molar-refractivity contribution in [3.05, 3.63) is 59.8 Å². The molecule has 0 radical (unpaired) electrons. The fourth-order valence-electron chi connectivity index (χ4n) is 4.72. The van der Waals surface area contributed by atoms with E-state index in [4.69, 9.17) is 19.2 Å². The van der Waals surface area contributed by atoms with E-state index in [-0.39, 0.29) is 17.2 Å². The van der Waals surface area contributed by atoms with Crippen molar-refractivity contribution in [3.8, 4) is 17.2 Å². The molecule has 1 saturated heterocycles. The molecule has 0 aliphatic carbocycles. The van der Waals surface area contributed by atoms with E-state index in [1.165, 1.54) is 5.56 Å². The van der Waals surface area contributed by atoms with Gasteiger partial charge in [0.15, 0.2) is 11.5 Å². The average molecular weight is 534 g/mol. The molecule has 0 bridgehead atoms. The standard InChI is InChI=1S/C30H39N5O4/c1-30(2,3)22-11-9-20(10-12-22)18-32-28(36)21-8-7-15-35(19-21)26-13-14-31-29(34-26)33-23-16-24(37-4)27(39-6)25(17-23)38-5/h9-14,16-17,21H,7-8,15,18-19H2,1-6H3,(H,32,36)(H,31,33,34)/t21-/m0/s1. The number of nitrogens with zero attached hydrogens (tertiary/aromatic N) is 3. The quantitative estimate of drug-likeness (QED) is 0.393. The summed E-state index contributed by atoms with van der Waals surface area (Å²) in [5.74, 6) is 2.76. The van der Waals surface area contributed by atoms with Gasteiger partial charge in [0.25, 0.3) is 0 Å². The highest BCUT2D eigenvalue weighted by molar-refractivity contribution is 5.79. The number of benzene rings is 2. The summed E-state index contributed by atoms with van der Waals surface area (Å²) in [6.45, 7) is 8.55. The lowest BCUT2D eigenvalue weighted by atomic mass is 9.87. The van der Waals surface area contributed by atoms with Crippen LogP contribution in [0.15, 0.2) is 48.7 Å². The lowest BCUT2D eigenvalue weighted by Crippen LogP contribution is -2.43. The second kappa shape index (κ2) is 12.2. The Morgan fingerprint density at radius 3 is 2.33 bits per heavy atom. The lowest BCUT2D eigenvalue weighted by molar-refractivity contribution is -0.125. The van der Waals surface area contributed by atoms with Crippen LogP contribution in [0.5, 0.6) is 17.2 Å². The summed E-state index contributed by atoms with van der Waals surface area (Å²) >= 11 is 0. The van der Waals surface area contributed by atoms with Crippen LogP contribution in [-0.2, 0) is 16.8 Å². The van der Waals surface area contributed by atoms with Crippen LogP contribution in [0, 0.1) is 5.92 Å². The highest BCUT2D eigenvalue weighted by Gasteiger charge is 2.27. The fourth-order valence-corrected chi connectivity index (χ4v) is 4.72. The van der Waals surface area contributed by atoms with Gasteiger partial charge in [0.1, 0.15) is 5.82 Å². The zero-order valence-electron chi connectivity index (χ0n) is 23.7. The van der Waals surface area contributed by atoms with Gasteiger partial charge >= 0.3 is 0 Å². The largest absolute Gasteiger partial charge is 0.493 e. The number of anilines is 3. The molecule has 0 spiro atoms. The van der Waals surface area contributed by atoms with E-state index in [1.54, 1.807) is 39.7 Å². The first-order chi connectivity index (χ1) is 18.7. The molecular formula is C30H39N5O4. The third-order valence-electron chi connectivity index (χ3n) is 6.96. The average Bonchev–Trinajstić information content (AvgIpc) is 2.95. The molecule has 2 N–H and O–H groups in total. The summed E-state index contributed by atoms with van der Waals surface area (Å²) in [6, 6.07) is 13.9. The van der Waals surface area contributed by atoms with Crippen molar-refractivity contribution < 1.29 is 19.0 Å². The number of amides is 1. The lowest BCUT2D eigenvalue weighted by Gasteiger charge is -2.33. The Hall–Kier alpha value is -4.01. The third-order valence-corrected chi connectivity index (χ3v) is 6.96. The highest BCUT2D eigenvalue weighted by Crippen LogP contribution is 2.40. The van der Waals surface area contributed by atoms with E-state index >= 15 is 0 Å².